The molecule has 0 spiro atoms. The van der Waals surface area contributed by atoms with Crippen molar-refractivity contribution in [2.24, 2.45) is 0 Å². The zero-order chi connectivity index (χ0) is 17.9. The van der Waals surface area contributed by atoms with Gasteiger partial charge >= 0.3 is 0 Å². The molecule has 6 heteroatoms. The molecule has 132 valence electrons. The van der Waals surface area contributed by atoms with Crippen LogP contribution in [0, 0.1) is 6.92 Å². The number of ether oxygens (including phenoxy) is 1. The van der Waals surface area contributed by atoms with Crippen molar-refractivity contribution in [2.75, 3.05) is 36.5 Å². The summed E-state index contributed by atoms with van der Waals surface area (Å²) in [5.74, 6) is -0.249. The molecule has 6 nitrogen and oxygen atoms in total. The number of aromatic nitrogens is 2. The molecule has 4 rings (SSSR count). The summed E-state index contributed by atoms with van der Waals surface area (Å²) in [4.78, 5) is 24.1. The second kappa shape index (κ2) is 7.09. The normalized spacial score (nSPS) is 14.4. The van der Waals surface area contributed by atoms with E-state index >= 15 is 0 Å². The van der Waals surface area contributed by atoms with Crippen molar-refractivity contribution < 1.29 is 9.53 Å². The van der Waals surface area contributed by atoms with Crippen LogP contribution in [0.15, 0.2) is 48.5 Å². The topological polar surface area (TPSA) is 67.4 Å². The summed E-state index contributed by atoms with van der Waals surface area (Å²) >= 11 is 0. The van der Waals surface area contributed by atoms with Crippen molar-refractivity contribution in [1.29, 1.82) is 0 Å². The van der Waals surface area contributed by atoms with Gasteiger partial charge in [-0.3, -0.25) is 4.79 Å². The van der Waals surface area contributed by atoms with E-state index in [2.05, 4.69) is 20.2 Å². The van der Waals surface area contributed by atoms with Crippen LogP contribution in [0.5, 0.6) is 0 Å². The molecule has 0 bridgehead atoms. The molecular formula is C20H20N4O2. The van der Waals surface area contributed by atoms with E-state index in [-0.39, 0.29) is 5.91 Å². The third-order valence-corrected chi connectivity index (χ3v) is 4.46. The van der Waals surface area contributed by atoms with Gasteiger partial charge in [0, 0.05) is 13.1 Å². The van der Waals surface area contributed by atoms with Gasteiger partial charge in [0.15, 0.2) is 0 Å². The summed E-state index contributed by atoms with van der Waals surface area (Å²) in [5, 5.41) is 3.01. The largest absolute Gasteiger partial charge is 0.378 e. The number of nitrogens with zero attached hydrogens (tertiary/aromatic N) is 3. The summed E-state index contributed by atoms with van der Waals surface area (Å²) in [6.07, 6.45) is 0. The summed E-state index contributed by atoms with van der Waals surface area (Å²) in [5.41, 5.74) is 4.23. The minimum Gasteiger partial charge on any atom is -0.378 e. The highest BCUT2D eigenvalue weighted by Gasteiger charge is 2.18. The Hall–Kier alpha value is -2.99. The number of fused-ring (bicyclic) bond motifs is 1. The number of morpholine rings is 1. The maximum absolute atomic E-state index is 12.9. The van der Waals surface area contributed by atoms with E-state index in [4.69, 9.17) is 4.74 Å². The Bertz CT molecular complexity index is 951. The van der Waals surface area contributed by atoms with Crippen LogP contribution in [-0.4, -0.2) is 42.2 Å². The minimum absolute atomic E-state index is 0.249. The van der Waals surface area contributed by atoms with E-state index in [0.717, 1.165) is 30.0 Å². The van der Waals surface area contributed by atoms with Gasteiger partial charge in [0.2, 0.25) is 0 Å². The second-order valence-electron chi connectivity index (χ2n) is 6.22. The molecule has 2 heterocycles. The zero-order valence-electron chi connectivity index (χ0n) is 14.6. The first-order valence-corrected chi connectivity index (χ1v) is 8.69. The van der Waals surface area contributed by atoms with Gasteiger partial charge in [0.25, 0.3) is 5.91 Å². The molecule has 1 N–H and O–H groups in total. The average molecular weight is 348 g/mol. The standard InChI is InChI=1S/C20H20N4O2/c1-14-19(22-16-7-3-2-6-15(16)21-14)20(25)23-17-8-4-5-9-18(17)24-10-12-26-13-11-24/h2-9H,10-13H2,1H3,(H,23,25). The molecule has 1 saturated heterocycles. The monoisotopic (exact) mass is 348 g/mol. The smallest absolute Gasteiger partial charge is 0.276 e. The molecule has 1 amide bonds. The van der Waals surface area contributed by atoms with Gasteiger partial charge in [-0.1, -0.05) is 24.3 Å². The lowest BCUT2D eigenvalue weighted by Crippen LogP contribution is -2.36. The van der Waals surface area contributed by atoms with Gasteiger partial charge in [-0.15, -0.1) is 0 Å². The third kappa shape index (κ3) is 3.23. The van der Waals surface area contributed by atoms with Gasteiger partial charge in [-0.2, -0.15) is 0 Å². The van der Waals surface area contributed by atoms with Crippen LogP contribution in [0.2, 0.25) is 0 Å². The maximum atomic E-state index is 12.9. The molecule has 2 aromatic carbocycles. The number of benzene rings is 2. The van der Waals surface area contributed by atoms with Gasteiger partial charge < -0.3 is 15.0 Å². The van der Waals surface area contributed by atoms with Gasteiger partial charge in [0.1, 0.15) is 5.69 Å². The highest BCUT2D eigenvalue weighted by atomic mass is 16.5. The molecule has 0 saturated carbocycles. The first-order chi connectivity index (χ1) is 12.7. The van der Waals surface area contributed by atoms with Crippen molar-refractivity contribution in [3.63, 3.8) is 0 Å². The van der Waals surface area contributed by atoms with Gasteiger partial charge in [0.05, 0.1) is 41.3 Å². The number of rotatable bonds is 3. The third-order valence-electron chi connectivity index (χ3n) is 4.46. The Morgan fingerprint density at radius 3 is 2.42 bits per heavy atom. The number of carbonyl (C=O) groups excluding carboxylic acids is 1. The molecule has 0 atom stereocenters. The lowest BCUT2D eigenvalue weighted by Gasteiger charge is -2.30. The number of anilines is 2. The SMILES string of the molecule is Cc1nc2ccccc2nc1C(=O)Nc1ccccc1N1CCOCC1. The fraction of sp³-hybridized carbons (Fsp3) is 0.250. The Morgan fingerprint density at radius 1 is 1.00 bits per heavy atom. The Labute approximate surface area is 151 Å². The van der Waals surface area contributed by atoms with Crippen LogP contribution in [0.1, 0.15) is 16.2 Å². The van der Waals surface area contributed by atoms with Gasteiger partial charge in [-0.05, 0) is 31.2 Å². The molecule has 1 aliphatic heterocycles. The summed E-state index contributed by atoms with van der Waals surface area (Å²) in [6.45, 7) is 4.81. The van der Waals surface area contributed by atoms with E-state index in [1.54, 1.807) is 0 Å². The number of aryl methyl sites for hydroxylation is 1. The van der Waals surface area contributed by atoms with Gasteiger partial charge in [-0.25, -0.2) is 9.97 Å². The predicted octanol–water partition coefficient (Wildman–Crippen LogP) is 3.03. The van der Waals surface area contributed by atoms with Crippen molar-refractivity contribution >= 4 is 28.3 Å². The Balaban J connectivity index is 1.64. The van der Waals surface area contributed by atoms with Crippen molar-refractivity contribution in [2.45, 2.75) is 6.92 Å². The molecule has 0 radical (unpaired) electrons. The molecule has 26 heavy (non-hydrogen) atoms. The second-order valence-corrected chi connectivity index (χ2v) is 6.22. The minimum atomic E-state index is -0.249. The fourth-order valence-corrected chi connectivity index (χ4v) is 3.14. The molecule has 1 aromatic heterocycles. The van der Waals surface area contributed by atoms with E-state index in [1.807, 2.05) is 55.5 Å². The molecule has 0 aliphatic carbocycles. The summed E-state index contributed by atoms with van der Waals surface area (Å²) < 4.78 is 5.42. The van der Waals surface area contributed by atoms with Crippen LogP contribution >= 0.6 is 0 Å². The Kier molecular flexibility index (Phi) is 4.50. The highest BCUT2D eigenvalue weighted by Crippen LogP contribution is 2.27. The van der Waals surface area contributed by atoms with E-state index in [1.165, 1.54) is 0 Å². The lowest BCUT2D eigenvalue weighted by atomic mass is 10.2. The van der Waals surface area contributed by atoms with Crippen LogP contribution in [-0.2, 0) is 4.74 Å². The molecule has 3 aromatic rings. The number of carbonyl (C=O) groups is 1. The maximum Gasteiger partial charge on any atom is 0.276 e. The Morgan fingerprint density at radius 2 is 1.65 bits per heavy atom. The van der Waals surface area contributed by atoms with Crippen molar-refractivity contribution in [3.05, 3.63) is 59.9 Å². The quantitative estimate of drug-likeness (QED) is 0.788. The van der Waals surface area contributed by atoms with Crippen LogP contribution in [0.25, 0.3) is 11.0 Å². The number of hydrogen-bond acceptors (Lipinski definition) is 5. The van der Waals surface area contributed by atoms with Crippen molar-refractivity contribution in [3.8, 4) is 0 Å². The summed E-state index contributed by atoms with van der Waals surface area (Å²) in [7, 11) is 0. The number of hydrogen-bond donors (Lipinski definition) is 1. The molecular weight excluding hydrogens is 328 g/mol. The number of amides is 1. The highest BCUT2D eigenvalue weighted by molar-refractivity contribution is 6.06. The van der Waals surface area contributed by atoms with E-state index < -0.39 is 0 Å². The van der Waals surface area contributed by atoms with Crippen LogP contribution in [0.4, 0.5) is 11.4 Å². The first-order valence-electron chi connectivity index (χ1n) is 8.69. The van der Waals surface area contributed by atoms with E-state index in [9.17, 15) is 4.79 Å². The molecule has 0 unspecified atom stereocenters. The summed E-state index contributed by atoms with van der Waals surface area (Å²) in [6, 6.07) is 15.4. The van der Waals surface area contributed by atoms with Crippen LogP contribution < -0.4 is 10.2 Å². The zero-order valence-corrected chi connectivity index (χ0v) is 14.6. The van der Waals surface area contributed by atoms with E-state index in [0.29, 0.717) is 30.1 Å². The fourth-order valence-electron chi connectivity index (χ4n) is 3.14. The predicted molar refractivity (Wildman–Crippen MR) is 102 cm³/mol. The number of nitrogens with one attached hydrogen (secondary N) is 1. The first kappa shape index (κ1) is 16.5. The van der Waals surface area contributed by atoms with Crippen molar-refractivity contribution in [1.82, 2.24) is 9.97 Å². The molecule has 1 aliphatic rings. The molecule has 1 fully saturated rings. The average Bonchev–Trinajstić information content (AvgIpc) is 2.68. The van der Waals surface area contributed by atoms with Crippen LogP contribution in [0.3, 0.4) is 0 Å². The lowest BCUT2D eigenvalue weighted by molar-refractivity contribution is 0.102. The number of para-hydroxylation sites is 4.